The first kappa shape index (κ1) is 18.9. The number of carbonyl (C=O) groups excluding carboxylic acids is 1. The number of hydrogen-bond donors (Lipinski definition) is 1. The summed E-state index contributed by atoms with van der Waals surface area (Å²) >= 11 is 0. The number of imidazole rings is 1. The van der Waals surface area contributed by atoms with Crippen LogP contribution in [0.1, 0.15) is 43.0 Å². The molecule has 0 bridgehead atoms. The van der Waals surface area contributed by atoms with Crippen LogP contribution in [0.15, 0.2) is 48.8 Å². The minimum atomic E-state index is -4.35. The molecule has 0 spiro atoms. The van der Waals surface area contributed by atoms with Crippen molar-refractivity contribution in [1.29, 1.82) is 0 Å². The second kappa shape index (κ2) is 7.42. The van der Waals surface area contributed by atoms with Crippen molar-refractivity contribution < 1.29 is 18.0 Å². The summed E-state index contributed by atoms with van der Waals surface area (Å²) in [6, 6.07) is 8.49. The highest BCUT2D eigenvalue weighted by molar-refractivity contribution is 5.90. The number of anilines is 1. The fraction of sp³-hybridized carbons (Fsp3) is 0.300. The number of nitrogens with zero attached hydrogens (tertiary/aromatic N) is 2. The molecular weight excluding hydrogens is 355 g/mol. The van der Waals surface area contributed by atoms with E-state index in [0.717, 1.165) is 23.5 Å². The number of aryl methyl sites for hydroxylation is 1. The maximum Gasteiger partial charge on any atom is 0.416 e. The summed E-state index contributed by atoms with van der Waals surface area (Å²) in [6.07, 6.45) is -0.0707. The number of benzene rings is 1. The van der Waals surface area contributed by atoms with E-state index in [1.54, 1.807) is 12.3 Å². The molecule has 2 aromatic heterocycles. The van der Waals surface area contributed by atoms with Gasteiger partial charge in [-0.15, -0.1) is 0 Å². The number of halogens is 3. The molecule has 2 heterocycles. The Balaban J connectivity index is 1.59. The minimum Gasteiger partial charge on any atom is -0.325 e. The molecule has 0 aliphatic heterocycles. The highest BCUT2D eigenvalue weighted by atomic mass is 19.4. The Labute approximate surface area is 155 Å². The topological polar surface area (TPSA) is 46.4 Å². The first-order valence-corrected chi connectivity index (χ1v) is 8.67. The Bertz CT molecular complexity index is 943. The number of nitrogens with one attached hydrogen (secondary N) is 1. The number of carbonyl (C=O) groups is 1. The molecule has 3 aromatic rings. The van der Waals surface area contributed by atoms with Crippen LogP contribution < -0.4 is 5.32 Å². The predicted molar refractivity (Wildman–Crippen MR) is 97.7 cm³/mol. The van der Waals surface area contributed by atoms with E-state index in [9.17, 15) is 18.0 Å². The van der Waals surface area contributed by atoms with Gasteiger partial charge in [-0.1, -0.05) is 26.0 Å². The molecule has 0 saturated heterocycles. The molecule has 0 saturated carbocycles. The zero-order valence-corrected chi connectivity index (χ0v) is 15.0. The Kier molecular flexibility index (Phi) is 5.21. The largest absolute Gasteiger partial charge is 0.416 e. The van der Waals surface area contributed by atoms with Gasteiger partial charge in [-0.3, -0.25) is 4.79 Å². The van der Waals surface area contributed by atoms with Crippen molar-refractivity contribution >= 4 is 17.2 Å². The summed E-state index contributed by atoms with van der Waals surface area (Å²) in [5, 5.41) is 2.81. The number of rotatable bonds is 5. The van der Waals surface area contributed by atoms with E-state index in [0.29, 0.717) is 23.6 Å². The van der Waals surface area contributed by atoms with Crippen molar-refractivity contribution in [2.45, 2.75) is 38.8 Å². The van der Waals surface area contributed by atoms with Gasteiger partial charge in [-0.2, -0.15) is 13.2 Å². The SMILES string of the molecule is CC(C)c1cn2cc(NC(=O)CCc3ccc(C(F)(F)F)cc3)ccc2n1. The molecule has 0 atom stereocenters. The fourth-order valence-electron chi connectivity index (χ4n) is 2.71. The van der Waals surface area contributed by atoms with Crippen molar-refractivity contribution in [3.8, 4) is 0 Å². The summed E-state index contributed by atoms with van der Waals surface area (Å²) in [5.41, 5.74) is 2.42. The van der Waals surface area contributed by atoms with Crippen LogP contribution in [0.25, 0.3) is 5.65 Å². The zero-order chi connectivity index (χ0) is 19.6. The molecule has 1 amide bonds. The Morgan fingerprint density at radius 1 is 1.11 bits per heavy atom. The molecule has 3 rings (SSSR count). The Morgan fingerprint density at radius 3 is 2.44 bits per heavy atom. The quantitative estimate of drug-likeness (QED) is 0.678. The Morgan fingerprint density at radius 2 is 1.81 bits per heavy atom. The van der Waals surface area contributed by atoms with Gasteiger partial charge in [-0.05, 0) is 42.2 Å². The third kappa shape index (κ3) is 4.67. The number of hydrogen-bond acceptors (Lipinski definition) is 2. The van der Waals surface area contributed by atoms with E-state index < -0.39 is 11.7 Å². The van der Waals surface area contributed by atoms with Gasteiger partial charge in [0.25, 0.3) is 0 Å². The van der Waals surface area contributed by atoms with Crippen molar-refractivity contribution in [3.63, 3.8) is 0 Å². The van der Waals surface area contributed by atoms with Crippen LogP contribution in [0.3, 0.4) is 0 Å². The molecule has 0 fully saturated rings. The molecule has 1 aromatic carbocycles. The van der Waals surface area contributed by atoms with Gasteiger partial charge in [-0.25, -0.2) is 4.98 Å². The van der Waals surface area contributed by atoms with Gasteiger partial charge >= 0.3 is 6.18 Å². The highest BCUT2D eigenvalue weighted by Gasteiger charge is 2.29. The average molecular weight is 375 g/mol. The van der Waals surface area contributed by atoms with E-state index in [2.05, 4.69) is 24.1 Å². The summed E-state index contributed by atoms with van der Waals surface area (Å²) < 4.78 is 39.5. The average Bonchev–Trinajstić information content (AvgIpc) is 3.03. The zero-order valence-electron chi connectivity index (χ0n) is 15.0. The highest BCUT2D eigenvalue weighted by Crippen LogP contribution is 2.29. The third-order valence-electron chi connectivity index (χ3n) is 4.27. The van der Waals surface area contributed by atoms with Crippen LogP contribution in [0.5, 0.6) is 0 Å². The smallest absolute Gasteiger partial charge is 0.325 e. The summed E-state index contributed by atoms with van der Waals surface area (Å²) in [5.74, 6) is 0.116. The molecule has 0 unspecified atom stereocenters. The van der Waals surface area contributed by atoms with Crippen molar-refractivity contribution in [1.82, 2.24) is 9.38 Å². The van der Waals surface area contributed by atoms with Crippen LogP contribution in [0, 0.1) is 0 Å². The third-order valence-corrected chi connectivity index (χ3v) is 4.27. The summed E-state index contributed by atoms with van der Waals surface area (Å²) in [7, 11) is 0. The molecule has 0 aliphatic carbocycles. The van der Waals surface area contributed by atoms with Crippen LogP contribution >= 0.6 is 0 Å². The lowest BCUT2D eigenvalue weighted by atomic mass is 10.1. The molecule has 27 heavy (non-hydrogen) atoms. The standard InChI is InChI=1S/C20H20F3N3O/c1-13(2)17-12-26-11-16(8-9-18(26)25-17)24-19(27)10-5-14-3-6-15(7-4-14)20(21,22)23/h3-4,6-9,11-13H,5,10H2,1-2H3,(H,24,27). The van der Waals surface area contributed by atoms with E-state index in [1.807, 2.05) is 16.7 Å². The maximum atomic E-state index is 12.6. The van der Waals surface area contributed by atoms with Crippen LogP contribution in [-0.4, -0.2) is 15.3 Å². The van der Waals surface area contributed by atoms with E-state index in [-0.39, 0.29) is 12.3 Å². The van der Waals surface area contributed by atoms with Crippen LogP contribution in [0.4, 0.5) is 18.9 Å². The first-order chi connectivity index (χ1) is 12.7. The predicted octanol–water partition coefficient (Wildman–Crippen LogP) is 5.05. The van der Waals surface area contributed by atoms with E-state index >= 15 is 0 Å². The lowest BCUT2D eigenvalue weighted by Gasteiger charge is -2.08. The summed E-state index contributed by atoms with van der Waals surface area (Å²) in [4.78, 5) is 16.6. The molecule has 0 radical (unpaired) electrons. The van der Waals surface area contributed by atoms with Gasteiger partial charge in [0.2, 0.25) is 5.91 Å². The monoisotopic (exact) mass is 375 g/mol. The van der Waals surface area contributed by atoms with Crippen LogP contribution in [0.2, 0.25) is 0 Å². The molecule has 0 aliphatic rings. The maximum absolute atomic E-state index is 12.6. The van der Waals surface area contributed by atoms with Crippen molar-refractivity contribution in [3.05, 3.63) is 65.6 Å². The van der Waals surface area contributed by atoms with Gasteiger partial charge in [0, 0.05) is 18.8 Å². The van der Waals surface area contributed by atoms with Gasteiger partial charge in [0.15, 0.2) is 0 Å². The fourth-order valence-corrected chi connectivity index (χ4v) is 2.71. The molecule has 142 valence electrons. The van der Waals surface area contributed by atoms with E-state index in [4.69, 9.17) is 0 Å². The normalized spacial score (nSPS) is 11.9. The van der Waals surface area contributed by atoms with Crippen molar-refractivity contribution in [2.75, 3.05) is 5.32 Å². The van der Waals surface area contributed by atoms with E-state index in [1.165, 1.54) is 12.1 Å². The summed E-state index contributed by atoms with van der Waals surface area (Å²) in [6.45, 7) is 4.12. The molecular formula is C20H20F3N3O. The number of pyridine rings is 1. The first-order valence-electron chi connectivity index (χ1n) is 8.67. The minimum absolute atomic E-state index is 0.185. The van der Waals surface area contributed by atoms with Gasteiger partial charge in [0.1, 0.15) is 5.65 Å². The number of alkyl halides is 3. The number of aromatic nitrogens is 2. The lowest BCUT2D eigenvalue weighted by molar-refractivity contribution is -0.137. The molecule has 1 N–H and O–H groups in total. The van der Waals surface area contributed by atoms with Crippen LogP contribution in [-0.2, 0) is 17.4 Å². The second-order valence-corrected chi connectivity index (χ2v) is 6.75. The molecule has 4 nitrogen and oxygen atoms in total. The number of fused-ring (bicyclic) bond motifs is 1. The second-order valence-electron chi connectivity index (χ2n) is 6.75. The van der Waals surface area contributed by atoms with Gasteiger partial charge in [0.05, 0.1) is 16.9 Å². The molecule has 7 heteroatoms. The number of amides is 1. The lowest BCUT2D eigenvalue weighted by Crippen LogP contribution is -2.12. The van der Waals surface area contributed by atoms with Crippen molar-refractivity contribution in [2.24, 2.45) is 0 Å². The Hall–Kier alpha value is -2.83. The van der Waals surface area contributed by atoms with Gasteiger partial charge < -0.3 is 9.72 Å².